The Hall–Kier alpha value is -3.21. The molecule has 0 aliphatic rings. The maximum Gasteiger partial charge on any atom is 0.244 e. The molecule has 3 aromatic carbocycles. The van der Waals surface area contributed by atoms with Gasteiger partial charge in [-0.3, -0.25) is 13.9 Å². The van der Waals surface area contributed by atoms with E-state index in [0.29, 0.717) is 33.9 Å². The van der Waals surface area contributed by atoms with E-state index in [0.717, 1.165) is 24.0 Å². The van der Waals surface area contributed by atoms with E-state index in [-0.39, 0.29) is 23.7 Å². The monoisotopic (exact) mass is 611 g/mol. The zero-order valence-electron chi connectivity index (χ0n) is 21.9. The second-order valence-electron chi connectivity index (χ2n) is 9.12. The first-order chi connectivity index (χ1) is 18.9. The summed E-state index contributed by atoms with van der Waals surface area (Å²) in [5.41, 5.74) is 0.994. The minimum Gasteiger partial charge on any atom is -0.354 e. The summed E-state index contributed by atoms with van der Waals surface area (Å²) in [6, 6.07) is 15.2. The third-order valence-corrected chi connectivity index (χ3v) is 7.77. The third kappa shape index (κ3) is 8.39. The van der Waals surface area contributed by atoms with Gasteiger partial charge >= 0.3 is 0 Å². The average molecular weight is 613 g/mol. The quantitative estimate of drug-likeness (QED) is 0.305. The smallest absolute Gasteiger partial charge is 0.244 e. The van der Waals surface area contributed by atoms with Crippen molar-refractivity contribution in [1.82, 2.24) is 10.2 Å². The molecule has 0 bridgehead atoms. The molecule has 1 N–H and O–H groups in total. The van der Waals surface area contributed by atoms with Gasteiger partial charge in [0.2, 0.25) is 21.8 Å². The molecule has 40 heavy (non-hydrogen) atoms. The Morgan fingerprint density at radius 1 is 0.975 bits per heavy atom. The molecule has 0 spiro atoms. The van der Waals surface area contributed by atoms with Crippen molar-refractivity contribution in [2.75, 3.05) is 23.7 Å². The van der Waals surface area contributed by atoms with Crippen molar-refractivity contribution >= 4 is 50.7 Å². The lowest BCUT2D eigenvalue weighted by atomic mass is 10.0. The first-order valence-corrected chi connectivity index (χ1v) is 15.0. The van der Waals surface area contributed by atoms with Crippen molar-refractivity contribution in [2.24, 2.45) is 0 Å². The maximum atomic E-state index is 14.0. The Bertz CT molecular complexity index is 1460. The van der Waals surface area contributed by atoms with Crippen LogP contribution in [-0.2, 0) is 32.6 Å². The van der Waals surface area contributed by atoms with Crippen LogP contribution in [0.2, 0.25) is 10.0 Å². The highest BCUT2D eigenvalue weighted by Gasteiger charge is 2.33. The van der Waals surface area contributed by atoms with Gasteiger partial charge in [-0.25, -0.2) is 17.2 Å². The summed E-state index contributed by atoms with van der Waals surface area (Å²) in [5.74, 6) is -3.64. The number of hydrogen-bond acceptors (Lipinski definition) is 4. The fourth-order valence-corrected chi connectivity index (χ4v) is 5.32. The fourth-order valence-electron chi connectivity index (χ4n) is 4.01. The lowest BCUT2D eigenvalue weighted by molar-refractivity contribution is -0.140. The third-order valence-electron chi connectivity index (χ3n) is 6.05. The number of rotatable bonds is 12. The summed E-state index contributed by atoms with van der Waals surface area (Å²) < 4.78 is 53.6. The van der Waals surface area contributed by atoms with Gasteiger partial charge in [0, 0.05) is 35.6 Å². The summed E-state index contributed by atoms with van der Waals surface area (Å²) in [7, 11) is -4.13. The molecule has 0 aliphatic heterocycles. The van der Waals surface area contributed by atoms with E-state index < -0.39 is 46.1 Å². The SMILES string of the molecule is CCCNC(=O)[C@H](Cc1ccccc1)N(Cc1ccc(Cl)cc1Cl)C(=O)CN(c1ccc(F)c(F)c1)S(C)(=O)=O. The Kier molecular flexibility index (Phi) is 10.9. The van der Waals surface area contributed by atoms with E-state index in [1.165, 1.54) is 11.0 Å². The maximum absolute atomic E-state index is 14.0. The second kappa shape index (κ2) is 13.9. The lowest BCUT2D eigenvalue weighted by Gasteiger charge is -2.33. The van der Waals surface area contributed by atoms with Gasteiger partial charge in [-0.15, -0.1) is 0 Å². The van der Waals surface area contributed by atoms with Crippen molar-refractivity contribution in [3.8, 4) is 0 Å². The molecule has 0 fully saturated rings. The number of carbonyl (C=O) groups is 2. The van der Waals surface area contributed by atoms with E-state index in [9.17, 15) is 26.8 Å². The van der Waals surface area contributed by atoms with E-state index in [1.807, 2.05) is 25.1 Å². The molecule has 12 heteroatoms. The van der Waals surface area contributed by atoms with Crippen LogP contribution >= 0.6 is 23.2 Å². The molecule has 3 aromatic rings. The molecule has 214 valence electrons. The predicted molar refractivity (Wildman–Crippen MR) is 153 cm³/mol. The molecule has 0 saturated heterocycles. The first kappa shape index (κ1) is 31.3. The molecule has 7 nitrogen and oxygen atoms in total. The average Bonchev–Trinajstić information content (AvgIpc) is 2.90. The molecule has 2 amide bonds. The van der Waals surface area contributed by atoms with Crippen molar-refractivity contribution in [3.05, 3.63) is 99.5 Å². The topological polar surface area (TPSA) is 86.8 Å². The van der Waals surface area contributed by atoms with Gasteiger partial charge in [0.15, 0.2) is 11.6 Å². The largest absolute Gasteiger partial charge is 0.354 e. The van der Waals surface area contributed by atoms with Crippen LogP contribution in [0.25, 0.3) is 0 Å². The molecular weight excluding hydrogens is 583 g/mol. The first-order valence-electron chi connectivity index (χ1n) is 12.4. The van der Waals surface area contributed by atoms with E-state index in [2.05, 4.69) is 5.32 Å². The molecule has 0 unspecified atom stereocenters. The van der Waals surface area contributed by atoms with Gasteiger partial charge in [-0.2, -0.15) is 0 Å². The van der Waals surface area contributed by atoms with Gasteiger partial charge in [0.05, 0.1) is 11.9 Å². The van der Waals surface area contributed by atoms with E-state index in [4.69, 9.17) is 23.2 Å². The number of benzene rings is 3. The second-order valence-corrected chi connectivity index (χ2v) is 11.9. The van der Waals surface area contributed by atoms with Crippen molar-refractivity contribution in [2.45, 2.75) is 32.4 Å². The minimum atomic E-state index is -4.13. The zero-order valence-corrected chi connectivity index (χ0v) is 24.2. The summed E-state index contributed by atoms with van der Waals surface area (Å²) in [5, 5.41) is 3.44. The normalized spacial score (nSPS) is 12.1. The van der Waals surface area contributed by atoms with Gasteiger partial charge in [-0.1, -0.05) is 66.5 Å². The highest BCUT2D eigenvalue weighted by atomic mass is 35.5. The van der Waals surface area contributed by atoms with Crippen LogP contribution in [0.5, 0.6) is 0 Å². The van der Waals surface area contributed by atoms with E-state index >= 15 is 0 Å². The Balaban J connectivity index is 2.08. The summed E-state index contributed by atoms with van der Waals surface area (Å²) >= 11 is 12.5. The van der Waals surface area contributed by atoms with Crippen LogP contribution in [0.3, 0.4) is 0 Å². The number of carbonyl (C=O) groups excluding carboxylic acids is 2. The molecular formula is C28H29Cl2F2N3O4S. The molecule has 0 aliphatic carbocycles. The molecule has 0 heterocycles. The highest BCUT2D eigenvalue weighted by molar-refractivity contribution is 7.92. The summed E-state index contributed by atoms with van der Waals surface area (Å²) in [6.07, 6.45) is 1.62. The standard InChI is InChI=1S/C28H29Cl2F2N3O4S/c1-3-13-33-28(37)26(14-19-7-5-4-6-8-19)34(17-20-9-10-21(29)15-23(20)30)27(36)18-35(40(2,38)39)22-11-12-24(31)25(32)16-22/h4-12,15-16,26H,3,13-14,17-18H2,1-2H3,(H,33,37)/t26-/m0/s1. The van der Waals surface area contributed by atoms with Gasteiger partial charge in [0.25, 0.3) is 0 Å². The molecule has 3 rings (SSSR count). The summed E-state index contributed by atoms with van der Waals surface area (Å²) in [6.45, 7) is 1.32. The van der Waals surface area contributed by atoms with Gasteiger partial charge < -0.3 is 10.2 Å². The number of sulfonamides is 1. The number of nitrogens with one attached hydrogen (secondary N) is 1. The van der Waals surface area contributed by atoms with Crippen molar-refractivity contribution in [3.63, 3.8) is 0 Å². The minimum absolute atomic E-state index is 0.122. The zero-order chi connectivity index (χ0) is 29.4. The molecule has 0 radical (unpaired) electrons. The molecule has 0 saturated carbocycles. The number of anilines is 1. The van der Waals surface area contributed by atoms with Crippen LogP contribution in [0.15, 0.2) is 66.7 Å². The van der Waals surface area contributed by atoms with Crippen LogP contribution in [-0.4, -0.2) is 50.5 Å². The van der Waals surface area contributed by atoms with Crippen molar-refractivity contribution in [1.29, 1.82) is 0 Å². The van der Waals surface area contributed by atoms with Crippen LogP contribution in [0.4, 0.5) is 14.5 Å². The molecule has 0 aromatic heterocycles. The predicted octanol–water partition coefficient (Wildman–Crippen LogP) is 5.20. The summed E-state index contributed by atoms with van der Waals surface area (Å²) in [4.78, 5) is 28.6. The lowest BCUT2D eigenvalue weighted by Crippen LogP contribution is -2.53. The highest BCUT2D eigenvalue weighted by Crippen LogP contribution is 2.26. The van der Waals surface area contributed by atoms with Gasteiger partial charge in [-0.05, 0) is 41.8 Å². The van der Waals surface area contributed by atoms with Crippen LogP contribution in [0.1, 0.15) is 24.5 Å². The fraction of sp³-hybridized carbons (Fsp3) is 0.286. The number of nitrogens with zero attached hydrogens (tertiary/aromatic N) is 2. The van der Waals surface area contributed by atoms with Crippen LogP contribution in [0, 0.1) is 11.6 Å². The Morgan fingerprint density at radius 3 is 2.27 bits per heavy atom. The van der Waals surface area contributed by atoms with Gasteiger partial charge in [0.1, 0.15) is 12.6 Å². The Morgan fingerprint density at radius 2 is 1.68 bits per heavy atom. The number of amides is 2. The van der Waals surface area contributed by atoms with Crippen molar-refractivity contribution < 1.29 is 26.8 Å². The van der Waals surface area contributed by atoms with E-state index in [1.54, 1.807) is 24.3 Å². The molecule has 1 atom stereocenters. The van der Waals surface area contributed by atoms with Crippen LogP contribution < -0.4 is 9.62 Å². The number of halogens is 4. The Labute approximate surface area is 242 Å². The number of hydrogen-bond donors (Lipinski definition) is 1.